The summed E-state index contributed by atoms with van der Waals surface area (Å²) in [7, 11) is 0. The van der Waals surface area contributed by atoms with Crippen LogP contribution in [0.25, 0.3) is 11.8 Å². The Kier molecular flexibility index (Phi) is 5.34. The van der Waals surface area contributed by atoms with Crippen molar-refractivity contribution in [3.63, 3.8) is 0 Å². The van der Waals surface area contributed by atoms with E-state index in [0.29, 0.717) is 15.8 Å². The monoisotopic (exact) mass is 398 g/mol. The summed E-state index contributed by atoms with van der Waals surface area (Å²) < 4.78 is 2.56. The van der Waals surface area contributed by atoms with Crippen molar-refractivity contribution in [1.29, 1.82) is 0 Å². The second-order valence-corrected chi connectivity index (χ2v) is 7.77. The highest BCUT2D eigenvalue weighted by atomic mass is 32.2. The number of thiocarbonyl (C=S) groups is 1. The van der Waals surface area contributed by atoms with E-state index in [1.807, 2.05) is 30.6 Å². The van der Waals surface area contributed by atoms with Crippen LogP contribution in [0.3, 0.4) is 0 Å². The number of hydrogen-bond acceptors (Lipinski definition) is 4. The van der Waals surface area contributed by atoms with Crippen LogP contribution < -0.4 is 0 Å². The van der Waals surface area contributed by atoms with Gasteiger partial charge < -0.3 is 9.67 Å². The molecule has 0 unspecified atom stereocenters. The zero-order valence-corrected chi connectivity index (χ0v) is 16.6. The van der Waals surface area contributed by atoms with Crippen molar-refractivity contribution >= 4 is 46.3 Å². The standard InChI is InChI=1S/C20H18N2O3S2/c1-4-9-21-18(23)17(27-20(21)26)11-15-10-12(2)22(13(15)3)16-7-5-14(6-8-16)19(24)25/h4-8,10-11H,1,9H2,2-3H3,(H,24,25)/b17-11+. The summed E-state index contributed by atoms with van der Waals surface area (Å²) in [5.74, 6) is -1.06. The molecule has 1 amide bonds. The van der Waals surface area contributed by atoms with Crippen LogP contribution in [0.2, 0.25) is 0 Å². The first-order chi connectivity index (χ1) is 12.8. The molecule has 0 aliphatic carbocycles. The van der Waals surface area contributed by atoms with Gasteiger partial charge >= 0.3 is 5.97 Å². The molecule has 5 nitrogen and oxygen atoms in total. The Hall–Kier alpha value is -2.64. The number of carbonyl (C=O) groups excluding carboxylic acids is 1. The van der Waals surface area contributed by atoms with Crippen LogP contribution >= 0.6 is 24.0 Å². The predicted octanol–water partition coefficient (Wildman–Crippen LogP) is 4.18. The molecule has 0 radical (unpaired) electrons. The van der Waals surface area contributed by atoms with Crippen molar-refractivity contribution in [3.8, 4) is 5.69 Å². The number of hydrogen-bond donors (Lipinski definition) is 1. The third-order valence-corrected chi connectivity index (χ3v) is 5.69. The number of aromatic nitrogens is 1. The van der Waals surface area contributed by atoms with Crippen LogP contribution in [0, 0.1) is 13.8 Å². The molecule has 1 aliphatic rings. The number of carboxylic acids is 1. The molecular weight excluding hydrogens is 380 g/mol. The second kappa shape index (κ2) is 7.54. The lowest BCUT2D eigenvalue weighted by molar-refractivity contribution is -0.121. The number of thioether (sulfide) groups is 1. The maximum absolute atomic E-state index is 12.5. The molecule has 27 heavy (non-hydrogen) atoms. The lowest BCUT2D eigenvalue weighted by Crippen LogP contribution is -2.27. The molecule has 3 rings (SSSR count). The number of rotatable bonds is 5. The highest BCUT2D eigenvalue weighted by Gasteiger charge is 2.31. The maximum Gasteiger partial charge on any atom is 0.335 e. The van der Waals surface area contributed by atoms with Crippen molar-refractivity contribution in [1.82, 2.24) is 9.47 Å². The zero-order valence-electron chi connectivity index (χ0n) is 14.9. The summed E-state index contributed by atoms with van der Waals surface area (Å²) in [6, 6.07) is 8.71. The van der Waals surface area contributed by atoms with E-state index in [9.17, 15) is 9.59 Å². The van der Waals surface area contributed by atoms with Crippen molar-refractivity contribution < 1.29 is 14.7 Å². The van der Waals surface area contributed by atoms with Gasteiger partial charge in [-0.15, -0.1) is 6.58 Å². The number of carbonyl (C=O) groups is 2. The van der Waals surface area contributed by atoms with Crippen molar-refractivity contribution in [3.05, 3.63) is 70.4 Å². The lowest BCUT2D eigenvalue weighted by atomic mass is 10.2. The number of nitrogens with zero attached hydrogens (tertiary/aromatic N) is 2. The molecule has 138 valence electrons. The van der Waals surface area contributed by atoms with Crippen molar-refractivity contribution in [2.75, 3.05) is 6.54 Å². The lowest BCUT2D eigenvalue weighted by Gasteiger charge is -2.10. The first-order valence-corrected chi connectivity index (χ1v) is 9.45. The molecule has 1 aromatic carbocycles. The molecule has 1 aliphatic heterocycles. The van der Waals surface area contributed by atoms with E-state index in [0.717, 1.165) is 22.6 Å². The molecular formula is C20H18N2O3S2. The summed E-state index contributed by atoms with van der Waals surface area (Å²) in [4.78, 5) is 25.7. The highest BCUT2D eigenvalue weighted by molar-refractivity contribution is 8.26. The van der Waals surface area contributed by atoms with Gasteiger partial charge in [0.05, 0.1) is 10.5 Å². The van der Waals surface area contributed by atoms with Crippen LogP contribution in [-0.4, -0.2) is 37.3 Å². The number of benzene rings is 1. The van der Waals surface area contributed by atoms with Crippen LogP contribution in [0.15, 0.2) is 47.9 Å². The van der Waals surface area contributed by atoms with Gasteiger partial charge in [-0.1, -0.05) is 30.1 Å². The molecule has 0 bridgehead atoms. The Bertz CT molecular complexity index is 987. The fourth-order valence-electron chi connectivity index (χ4n) is 3.01. The molecule has 1 saturated heterocycles. The number of aryl methyl sites for hydroxylation is 1. The Balaban J connectivity index is 1.97. The van der Waals surface area contributed by atoms with E-state index in [-0.39, 0.29) is 11.5 Å². The van der Waals surface area contributed by atoms with Crippen LogP contribution in [0.5, 0.6) is 0 Å². The Morgan fingerprint density at radius 2 is 1.96 bits per heavy atom. The fraction of sp³-hybridized carbons (Fsp3) is 0.150. The van der Waals surface area contributed by atoms with Gasteiger partial charge in [-0.2, -0.15) is 0 Å². The molecule has 0 spiro atoms. The molecule has 2 heterocycles. The van der Waals surface area contributed by atoms with E-state index < -0.39 is 5.97 Å². The van der Waals surface area contributed by atoms with Crippen LogP contribution in [-0.2, 0) is 4.79 Å². The predicted molar refractivity (Wildman–Crippen MR) is 112 cm³/mol. The van der Waals surface area contributed by atoms with Crippen LogP contribution in [0.4, 0.5) is 0 Å². The Morgan fingerprint density at radius 1 is 1.30 bits per heavy atom. The van der Waals surface area contributed by atoms with Gasteiger partial charge in [0.25, 0.3) is 5.91 Å². The normalized spacial score (nSPS) is 15.6. The largest absolute Gasteiger partial charge is 0.478 e. The summed E-state index contributed by atoms with van der Waals surface area (Å²) in [6.07, 6.45) is 3.51. The molecule has 2 aromatic rings. The van der Waals surface area contributed by atoms with Gasteiger partial charge in [-0.3, -0.25) is 9.69 Å². The molecule has 0 saturated carbocycles. The molecule has 0 atom stereocenters. The molecule has 1 N–H and O–H groups in total. The zero-order chi connectivity index (χ0) is 19.7. The van der Waals surface area contributed by atoms with Gasteiger partial charge in [-0.25, -0.2) is 4.79 Å². The molecule has 1 aromatic heterocycles. The molecule has 1 fully saturated rings. The highest BCUT2D eigenvalue weighted by Crippen LogP contribution is 2.34. The minimum atomic E-state index is -0.954. The van der Waals surface area contributed by atoms with Gasteiger partial charge in [0.15, 0.2) is 0 Å². The van der Waals surface area contributed by atoms with Crippen molar-refractivity contribution in [2.24, 2.45) is 0 Å². The summed E-state index contributed by atoms with van der Waals surface area (Å²) >= 11 is 6.56. The number of aromatic carboxylic acids is 1. The summed E-state index contributed by atoms with van der Waals surface area (Å²) in [6.45, 7) is 8.00. The van der Waals surface area contributed by atoms with E-state index in [1.165, 1.54) is 16.7 Å². The smallest absolute Gasteiger partial charge is 0.335 e. The van der Waals surface area contributed by atoms with E-state index in [4.69, 9.17) is 17.3 Å². The van der Waals surface area contributed by atoms with Crippen LogP contribution in [0.1, 0.15) is 27.3 Å². The third kappa shape index (κ3) is 3.61. The first-order valence-electron chi connectivity index (χ1n) is 8.22. The number of carboxylic acid groups (broad SMARTS) is 1. The quantitative estimate of drug-likeness (QED) is 0.465. The van der Waals surface area contributed by atoms with Gasteiger partial charge in [0, 0.05) is 23.6 Å². The minimum absolute atomic E-state index is 0.111. The average molecular weight is 399 g/mol. The van der Waals surface area contributed by atoms with Gasteiger partial charge in [0.2, 0.25) is 0 Å². The minimum Gasteiger partial charge on any atom is -0.478 e. The van der Waals surface area contributed by atoms with E-state index in [1.54, 1.807) is 30.3 Å². The SMILES string of the molecule is C=CCN1C(=O)/C(=C\c2cc(C)n(-c3ccc(C(=O)O)cc3)c2C)SC1=S. The summed E-state index contributed by atoms with van der Waals surface area (Å²) in [5, 5.41) is 9.06. The van der Waals surface area contributed by atoms with Gasteiger partial charge in [-0.05, 0) is 55.8 Å². The summed E-state index contributed by atoms with van der Waals surface area (Å²) in [5.41, 5.74) is 3.99. The number of amides is 1. The maximum atomic E-state index is 12.5. The fourth-order valence-corrected chi connectivity index (χ4v) is 4.28. The average Bonchev–Trinajstić information content (AvgIpc) is 3.05. The van der Waals surface area contributed by atoms with Crippen molar-refractivity contribution in [2.45, 2.75) is 13.8 Å². The topological polar surface area (TPSA) is 62.5 Å². The van der Waals surface area contributed by atoms with E-state index >= 15 is 0 Å². The first kappa shape index (κ1) is 19.1. The van der Waals surface area contributed by atoms with E-state index in [2.05, 4.69) is 6.58 Å². The second-order valence-electron chi connectivity index (χ2n) is 6.09. The molecule has 7 heteroatoms. The van der Waals surface area contributed by atoms with Gasteiger partial charge in [0.1, 0.15) is 4.32 Å². The Morgan fingerprint density at radius 3 is 2.56 bits per heavy atom. The Labute approximate surface area is 167 Å². The third-order valence-electron chi connectivity index (χ3n) is 4.31.